The minimum atomic E-state index is 0. The Balaban J connectivity index is 0.00000294. The van der Waals surface area contributed by atoms with Crippen LogP contribution in [0, 0.1) is 12.1 Å². The van der Waals surface area contributed by atoms with Crippen molar-refractivity contribution in [2.45, 2.75) is 0 Å². The predicted octanol–water partition coefficient (Wildman–Crippen LogP) is 8.53. The average molecular weight is 670 g/mol. The normalized spacial score (nSPS) is 10.4. The van der Waals surface area contributed by atoms with Crippen LogP contribution in [0.25, 0.3) is 44.8 Å². The molecule has 0 amide bonds. The summed E-state index contributed by atoms with van der Waals surface area (Å²) in [6.45, 7) is 0. The summed E-state index contributed by atoms with van der Waals surface area (Å²) >= 11 is 0. The van der Waals surface area contributed by atoms with Gasteiger partial charge in [0.25, 0.3) is 0 Å². The SMILES string of the molecule is [Pt+2].[c-]1c(Oc2[c-]c(-c3ccccn3)cc(-c3ccccc3)c2)cccc1-c1cc(-c2ccccc2)ccn1. The average Bonchev–Trinajstić information content (AvgIpc) is 2.99. The van der Waals surface area contributed by atoms with Crippen molar-refractivity contribution in [3.63, 3.8) is 0 Å². The van der Waals surface area contributed by atoms with Crippen molar-refractivity contribution in [2.75, 3.05) is 0 Å². The van der Waals surface area contributed by atoms with Gasteiger partial charge >= 0.3 is 21.1 Å². The summed E-state index contributed by atoms with van der Waals surface area (Å²) in [5.74, 6) is 1.19. The molecule has 0 aliphatic carbocycles. The van der Waals surface area contributed by atoms with Gasteiger partial charge in [0.1, 0.15) is 0 Å². The molecule has 2 aromatic heterocycles. The van der Waals surface area contributed by atoms with Gasteiger partial charge in [-0.1, -0.05) is 103 Å². The summed E-state index contributed by atoms with van der Waals surface area (Å²) in [5.41, 5.74) is 7.78. The first kappa shape index (κ1) is 25.3. The van der Waals surface area contributed by atoms with Crippen LogP contribution in [-0.2, 0) is 21.1 Å². The zero-order chi connectivity index (χ0) is 24.9. The molecule has 4 heteroatoms. The maximum Gasteiger partial charge on any atom is 2.00 e. The molecule has 3 nitrogen and oxygen atoms in total. The topological polar surface area (TPSA) is 35.0 Å². The van der Waals surface area contributed by atoms with Gasteiger partial charge in [-0.2, -0.15) is 0 Å². The van der Waals surface area contributed by atoms with Gasteiger partial charge in [0.15, 0.2) is 0 Å². The van der Waals surface area contributed by atoms with E-state index in [0.29, 0.717) is 11.5 Å². The molecule has 0 radical (unpaired) electrons. The summed E-state index contributed by atoms with van der Waals surface area (Å²) in [5, 5.41) is 0. The van der Waals surface area contributed by atoms with Gasteiger partial charge in [0.2, 0.25) is 0 Å². The second-order valence-electron chi connectivity index (χ2n) is 8.55. The van der Waals surface area contributed by atoms with Crippen molar-refractivity contribution in [3.05, 3.63) is 146 Å². The van der Waals surface area contributed by atoms with Gasteiger partial charge in [-0.25, -0.2) is 0 Å². The van der Waals surface area contributed by atoms with E-state index >= 15 is 0 Å². The van der Waals surface area contributed by atoms with E-state index in [0.717, 1.165) is 44.8 Å². The molecule has 0 bridgehead atoms. The van der Waals surface area contributed by atoms with E-state index in [1.807, 2.05) is 91.1 Å². The molecule has 0 aliphatic heterocycles. The van der Waals surface area contributed by atoms with E-state index in [4.69, 9.17) is 4.74 Å². The van der Waals surface area contributed by atoms with Gasteiger partial charge in [0, 0.05) is 23.9 Å². The molecule has 0 saturated heterocycles. The molecule has 0 unspecified atom stereocenters. The van der Waals surface area contributed by atoms with Gasteiger partial charge in [0.05, 0.1) is 0 Å². The van der Waals surface area contributed by atoms with E-state index in [-0.39, 0.29) is 21.1 Å². The molecular formula is C34H22N2OPt. The third kappa shape index (κ3) is 5.80. The Morgan fingerprint density at radius 3 is 1.87 bits per heavy atom. The third-order valence-electron chi connectivity index (χ3n) is 6.02. The molecule has 6 aromatic rings. The summed E-state index contributed by atoms with van der Waals surface area (Å²) < 4.78 is 6.31. The second kappa shape index (κ2) is 11.8. The molecule has 0 fully saturated rings. The number of pyridine rings is 2. The third-order valence-corrected chi connectivity index (χ3v) is 6.02. The van der Waals surface area contributed by atoms with Crippen molar-refractivity contribution in [1.29, 1.82) is 0 Å². The van der Waals surface area contributed by atoms with Gasteiger partial charge in [-0.05, 0) is 40.2 Å². The minimum Gasteiger partial charge on any atom is -0.497 e. The van der Waals surface area contributed by atoms with E-state index < -0.39 is 0 Å². The van der Waals surface area contributed by atoms with Crippen molar-refractivity contribution in [3.8, 4) is 56.3 Å². The van der Waals surface area contributed by atoms with Crippen LogP contribution >= 0.6 is 0 Å². The zero-order valence-corrected chi connectivity index (χ0v) is 22.6. The van der Waals surface area contributed by atoms with Crippen molar-refractivity contribution in [1.82, 2.24) is 9.97 Å². The number of hydrogen-bond donors (Lipinski definition) is 0. The van der Waals surface area contributed by atoms with Crippen molar-refractivity contribution >= 4 is 0 Å². The standard InChI is InChI=1S/C34H22N2O.Pt/c1-3-10-25(11-4-1)27-17-19-36-34(24-27)28-14-9-15-31(21-28)37-32-22-29(26-12-5-2-6-13-26)20-30(23-32)33-16-7-8-18-35-33;/h1-20,22,24H;/q-2;+2. The number of ether oxygens (including phenoxy) is 1. The summed E-state index contributed by atoms with van der Waals surface area (Å²) in [7, 11) is 0. The van der Waals surface area contributed by atoms with Crippen LogP contribution in [0.5, 0.6) is 11.5 Å². The quantitative estimate of drug-likeness (QED) is 0.167. The minimum absolute atomic E-state index is 0. The summed E-state index contributed by atoms with van der Waals surface area (Å²) in [6, 6.07) is 47.2. The van der Waals surface area contributed by atoms with Gasteiger partial charge in [-0.3, -0.25) is 0 Å². The number of nitrogens with zero attached hydrogens (tertiary/aromatic N) is 2. The molecule has 4 aromatic carbocycles. The zero-order valence-electron chi connectivity index (χ0n) is 20.3. The molecule has 0 atom stereocenters. The molecule has 0 spiro atoms. The molecule has 0 saturated carbocycles. The number of rotatable bonds is 6. The predicted molar refractivity (Wildman–Crippen MR) is 148 cm³/mol. The van der Waals surface area contributed by atoms with E-state index in [9.17, 15) is 0 Å². The fraction of sp³-hybridized carbons (Fsp3) is 0. The maximum atomic E-state index is 6.31. The Labute approximate surface area is 237 Å². The molecule has 6 rings (SSSR count). The maximum absolute atomic E-state index is 6.31. The monoisotopic (exact) mass is 669 g/mol. The number of aromatic nitrogens is 2. The van der Waals surface area contributed by atoms with Crippen LogP contribution in [0.15, 0.2) is 134 Å². The Morgan fingerprint density at radius 2 is 1.13 bits per heavy atom. The first-order valence-corrected chi connectivity index (χ1v) is 12.1. The Bertz CT molecular complexity index is 1580. The van der Waals surface area contributed by atoms with E-state index in [2.05, 4.69) is 58.5 Å². The Hall–Kier alpha value is -4.33. The summed E-state index contributed by atoms with van der Waals surface area (Å²) in [4.78, 5) is 9.10. The molecule has 0 aliphatic rings. The van der Waals surface area contributed by atoms with Crippen molar-refractivity contribution in [2.24, 2.45) is 0 Å². The second-order valence-corrected chi connectivity index (χ2v) is 8.55. The van der Waals surface area contributed by atoms with Crippen molar-refractivity contribution < 1.29 is 25.8 Å². The fourth-order valence-electron chi connectivity index (χ4n) is 4.22. The molecule has 184 valence electrons. The number of benzene rings is 4. The molecule has 2 heterocycles. The summed E-state index contributed by atoms with van der Waals surface area (Å²) in [6.07, 6.45) is 3.61. The Morgan fingerprint density at radius 1 is 0.447 bits per heavy atom. The van der Waals surface area contributed by atoms with E-state index in [1.165, 1.54) is 0 Å². The fourth-order valence-corrected chi connectivity index (χ4v) is 4.22. The largest absolute Gasteiger partial charge is 2.00 e. The van der Waals surface area contributed by atoms with Gasteiger partial charge < -0.3 is 14.7 Å². The molecule has 38 heavy (non-hydrogen) atoms. The first-order chi connectivity index (χ1) is 18.3. The molecule has 0 N–H and O–H groups in total. The van der Waals surface area contributed by atoms with Crippen LogP contribution in [0.4, 0.5) is 0 Å². The van der Waals surface area contributed by atoms with Crippen LogP contribution in [0.3, 0.4) is 0 Å². The first-order valence-electron chi connectivity index (χ1n) is 12.1. The number of hydrogen-bond acceptors (Lipinski definition) is 3. The smallest absolute Gasteiger partial charge is 0.497 e. The van der Waals surface area contributed by atoms with Crippen LogP contribution in [0.1, 0.15) is 0 Å². The van der Waals surface area contributed by atoms with Crippen LogP contribution in [0.2, 0.25) is 0 Å². The Kier molecular flexibility index (Phi) is 7.87. The van der Waals surface area contributed by atoms with E-state index in [1.54, 1.807) is 6.20 Å². The van der Waals surface area contributed by atoms with Crippen LogP contribution in [-0.4, -0.2) is 9.97 Å². The van der Waals surface area contributed by atoms with Crippen LogP contribution < -0.4 is 4.74 Å². The molecular weight excluding hydrogens is 647 g/mol. The van der Waals surface area contributed by atoms with Gasteiger partial charge in [-0.15, -0.1) is 35.4 Å².